The molecule has 0 bridgehead atoms. The second-order valence-electron chi connectivity index (χ2n) is 7.84. The Hall–Kier alpha value is -2.90. The highest BCUT2D eigenvalue weighted by atomic mass is 16.5. The molecule has 1 saturated heterocycles. The van der Waals surface area contributed by atoms with E-state index in [9.17, 15) is 9.59 Å². The first-order valence-electron chi connectivity index (χ1n) is 10.5. The van der Waals surface area contributed by atoms with Crippen LogP contribution in [0.3, 0.4) is 0 Å². The Kier molecular flexibility index (Phi) is 6.61. The third-order valence-electron chi connectivity index (χ3n) is 5.43. The van der Waals surface area contributed by atoms with Crippen LogP contribution in [-0.2, 0) is 16.0 Å². The monoisotopic (exact) mass is 408 g/mol. The molecule has 2 unspecified atom stereocenters. The molecule has 2 aromatic carbocycles. The predicted molar refractivity (Wildman–Crippen MR) is 114 cm³/mol. The molecule has 1 aliphatic heterocycles. The highest BCUT2D eigenvalue weighted by Crippen LogP contribution is 2.24. The third kappa shape index (κ3) is 5.58. The molecule has 0 spiro atoms. The van der Waals surface area contributed by atoms with E-state index in [1.165, 1.54) is 0 Å². The van der Waals surface area contributed by atoms with Gasteiger partial charge in [-0.1, -0.05) is 42.5 Å². The van der Waals surface area contributed by atoms with E-state index in [1.54, 1.807) is 0 Å². The predicted octanol–water partition coefficient (Wildman–Crippen LogP) is 1.47. The summed E-state index contributed by atoms with van der Waals surface area (Å²) in [6.45, 7) is 1.21. The van der Waals surface area contributed by atoms with Crippen LogP contribution in [-0.4, -0.2) is 37.6 Å². The molecule has 2 amide bonds. The van der Waals surface area contributed by atoms with Crippen molar-refractivity contribution in [3.05, 3.63) is 65.7 Å². The van der Waals surface area contributed by atoms with Gasteiger partial charge in [0.25, 0.3) is 5.91 Å². The van der Waals surface area contributed by atoms with Crippen LogP contribution < -0.4 is 26.2 Å². The summed E-state index contributed by atoms with van der Waals surface area (Å²) in [6, 6.07) is 18.0. The maximum absolute atomic E-state index is 12.7. The fourth-order valence-electron chi connectivity index (χ4n) is 3.58. The number of hydrogen-bond acceptors (Lipinski definition) is 5. The van der Waals surface area contributed by atoms with Gasteiger partial charge < -0.3 is 15.4 Å². The van der Waals surface area contributed by atoms with E-state index in [-0.39, 0.29) is 30.4 Å². The molecule has 4 rings (SSSR count). The van der Waals surface area contributed by atoms with Crippen molar-refractivity contribution in [1.82, 2.24) is 21.5 Å². The molecule has 0 aromatic heterocycles. The maximum atomic E-state index is 12.7. The molecule has 0 radical (unpaired) electrons. The highest BCUT2D eigenvalue weighted by Gasteiger charge is 2.33. The molecule has 158 valence electrons. The molecule has 2 fully saturated rings. The Morgan fingerprint density at radius 1 is 1.03 bits per heavy atom. The summed E-state index contributed by atoms with van der Waals surface area (Å²) >= 11 is 0. The van der Waals surface area contributed by atoms with Crippen molar-refractivity contribution < 1.29 is 14.3 Å². The minimum atomic E-state index is -0.148. The Balaban J connectivity index is 1.20. The zero-order chi connectivity index (χ0) is 20.8. The zero-order valence-corrected chi connectivity index (χ0v) is 16.9. The summed E-state index contributed by atoms with van der Waals surface area (Å²) in [4.78, 5) is 24.3. The maximum Gasteiger partial charge on any atom is 0.258 e. The van der Waals surface area contributed by atoms with Gasteiger partial charge in [0.1, 0.15) is 5.75 Å². The summed E-state index contributed by atoms with van der Waals surface area (Å²) in [5.74, 6) is 0.490. The molecule has 2 aliphatic rings. The number of hydrazine groups is 1. The molecule has 7 nitrogen and oxygen atoms in total. The summed E-state index contributed by atoms with van der Waals surface area (Å²) in [5.41, 5.74) is 8.50. The van der Waals surface area contributed by atoms with Gasteiger partial charge >= 0.3 is 0 Å². The number of nitrogens with one attached hydrogen (secondary N) is 4. The molecule has 1 heterocycles. The summed E-state index contributed by atoms with van der Waals surface area (Å²) in [6.07, 6.45) is 2.87. The van der Waals surface area contributed by atoms with Crippen LogP contribution in [0.2, 0.25) is 0 Å². The van der Waals surface area contributed by atoms with Crippen LogP contribution in [0.5, 0.6) is 5.75 Å². The number of rotatable bonds is 9. The van der Waals surface area contributed by atoms with Gasteiger partial charge in [-0.15, -0.1) is 0 Å². The lowest BCUT2D eigenvalue weighted by Gasteiger charge is -2.18. The summed E-state index contributed by atoms with van der Waals surface area (Å²) in [7, 11) is 0. The van der Waals surface area contributed by atoms with Crippen LogP contribution in [0.4, 0.5) is 0 Å². The lowest BCUT2D eigenvalue weighted by Crippen LogP contribution is -2.36. The number of hydrogen-bond donors (Lipinski definition) is 4. The van der Waals surface area contributed by atoms with Crippen LogP contribution >= 0.6 is 0 Å². The molecule has 1 aliphatic carbocycles. The molecule has 2 aromatic rings. The lowest BCUT2D eigenvalue weighted by molar-refractivity contribution is -0.125. The van der Waals surface area contributed by atoms with Crippen molar-refractivity contribution in [2.24, 2.45) is 5.92 Å². The van der Waals surface area contributed by atoms with Gasteiger partial charge in [-0.3, -0.25) is 15.0 Å². The quantitative estimate of drug-likeness (QED) is 0.504. The average Bonchev–Trinajstić information content (AvgIpc) is 3.44. The van der Waals surface area contributed by atoms with Gasteiger partial charge in [-0.2, -0.15) is 0 Å². The minimum absolute atomic E-state index is 0.0280. The zero-order valence-electron chi connectivity index (χ0n) is 16.9. The van der Waals surface area contributed by atoms with Gasteiger partial charge in [-0.05, 0) is 42.5 Å². The number of carbonyl (C=O) groups is 2. The van der Waals surface area contributed by atoms with Crippen LogP contribution in [0.25, 0.3) is 0 Å². The standard InChI is InChI=1S/C23H28N4O3/c28-21(26-18-8-9-18)15-30-19-10-6-16(7-11-19)12-13-24-23(29)20-14-25-27-22(20)17-4-2-1-3-5-17/h1-7,10-11,18,20,22,25,27H,8-9,12-15H2,(H,24,29)(H,26,28). The SMILES string of the molecule is O=C(COc1ccc(CCNC(=O)C2CNNC2c2ccccc2)cc1)NC1CC1. The molecule has 4 N–H and O–H groups in total. The van der Waals surface area contributed by atoms with E-state index < -0.39 is 0 Å². The van der Waals surface area contributed by atoms with Crippen molar-refractivity contribution in [2.75, 3.05) is 19.7 Å². The van der Waals surface area contributed by atoms with Crippen molar-refractivity contribution in [3.63, 3.8) is 0 Å². The van der Waals surface area contributed by atoms with Crippen molar-refractivity contribution in [1.29, 1.82) is 0 Å². The first-order valence-corrected chi connectivity index (χ1v) is 10.5. The summed E-state index contributed by atoms with van der Waals surface area (Å²) in [5, 5.41) is 5.95. The van der Waals surface area contributed by atoms with E-state index in [2.05, 4.69) is 21.5 Å². The second-order valence-corrected chi connectivity index (χ2v) is 7.84. The van der Waals surface area contributed by atoms with Gasteiger partial charge in [0.05, 0.1) is 12.0 Å². The Labute approximate surface area is 176 Å². The highest BCUT2D eigenvalue weighted by molar-refractivity contribution is 5.80. The second kappa shape index (κ2) is 9.73. The Bertz CT molecular complexity index is 853. The average molecular weight is 409 g/mol. The van der Waals surface area contributed by atoms with Crippen LogP contribution in [0, 0.1) is 5.92 Å². The van der Waals surface area contributed by atoms with E-state index >= 15 is 0 Å². The molecular weight excluding hydrogens is 380 g/mol. The Morgan fingerprint density at radius 2 is 1.80 bits per heavy atom. The van der Waals surface area contributed by atoms with E-state index in [0.717, 1.165) is 30.4 Å². The van der Waals surface area contributed by atoms with Crippen molar-refractivity contribution in [2.45, 2.75) is 31.3 Å². The fourth-order valence-corrected chi connectivity index (χ4v) is 3.58. The molecule has 7 heteroatoms. The van der Waals surface area contributed by atoms with E-state index in [1.807, 2.05) is 54.6 Å². The van der Waals surface area contributed by atoms with Crippen LogP contribution in [0.15, 0.2) is 54.6 Å². The molecule has 1 saturated carbocycles. The van der Waals surface area contributed by atoms with Crippen molar-refractivity contribution >= 4 is 11.8 Å². The van der Waals surface area contributed by atoms with Crippen molar-refractivity contribution in [3.8, 4) is 5.75 Å². The topological polar surface area (TPSA) is 91.5 Å². The lowest BCUT2D eigenvalue weighted by atomic mass is 9.94. The van der Waals surface area contributed by atoms with Gasteiger partial charge in [0.2, 0.25) is 5.91 Å². The fraction of sp³-hybridized carbons (Fsp3) is 0.391. The number of ether oxygens (including phenoxy) is 1. The smallest absolute Gasteiger partial charge is 0.258 e. The summed E-state index contributed by atoms with van der Waals surface area (Å²) < 4.78 is 5.52. The Morgan fingerprint density at radius 3 is 2.53 bits per heavy atom. The van der Waals surface area contributed by atoms with Gasteiger partial charge in [0.15, 0.2) is 6.61 Å². The normalized spacial score (nSPS) is 20.5. The van der Waals surface area contributed by atoms with E-state index in [4.69, 9.17) is 4.74 Å². The van der Waals surface area contributed by atoms with Gasteiger partial charge in [-0.25, -0.2) is 5.43 Å². The number of benzene rings is 2. The first-order chi connectivity index (χ1) is 14.7. The largest absolute Gasteiger partial charge is 0.484 e. The first kappa shape index (κ1) is 20.4. The number of amides is 2. The van der Waals surface area contributed by atoms with Gasteiger partial charge in [0, 0.05) is 19.1 Å². The number of carbonyl (C=O) groups excluding carboxylic acids is 2. The minimum Gasteiger partial charge on any atom is -0.484 e. The molecule has 2 atom stereocenters. The van der Waals surface area contributed by atoms with Crippen LogP contribution in [0.1, 0.15) is 30.0 Å². The molecular formula is C23H28N4O3. The molecule has 30 heavy (non-hydrogen) atoms. The third-order valence-corrected chi connectivity index (χ3v) is 5.43. The van der Waals surface area contributed by atoms with E-state index in [0.29, 0.717) is 24.9 Å².